The highest BCUT2D eigenvalue weighted by molar-refractivity contribution is 6.30. The normalized spacial score (nSPS) is 10.3. The van der Waals surface area contributed by atoms with Gasteiger partial charge in [-0.3, -0.25) is 4.79 Å². The van der Waals surface area contributed by atoms with Crippen molar-refractivity contribution in [1.29, 1.82) is 0 Å². The van der Waals surface area contributed by atoms with E-state index in [0.29, 0.717) is 16.4 Å². The number of hydrogen-bond donors (Lipinski definition) is 2. The van der Waals surface area contributed by atoms with Crippen molar-refractivity contribution >= 4 is 23.2 Å². The SMILES string of the molecule is Cc1cc(NC(=O)c2ccc(F)cc2O)cnc1Cl. The molecule has 6 heteroatoms. The van der Waals surface area contributed by atoms with Gasteiger partial charge in [0.1, 0.15) is 16.7 Å². The molecule has 1 heterocycles. The lowest BCUT2D eigenvalue weighted by Crippen LogP contribution is -2.12. The fourth-order valence-corrected chi connectivity index (χ4v) is 1.63. The number of hydrogen-bond acceptors (Lipinski definition) is 3. The summed E-state index contributed by atoms with van der Waals surface area (Å²) in [6.07, 6.45) is 1.40. The molecule has 98 valence electrons. The lowest BCUT2D eigenvalue weighted by Gasteiger charge is -2.07. The van der Waals surface area contributed by atoms with Crippen molar-refractivity contribution < 1.29 is 14.3 Å². The molecule has 2 aromatic rings. The number of carbonyl (C=O) groups is 1. The highest BCUT2D eigenvalue weighted by atomic mass is 35.5. The van der Waals surface area contributed by atoms with E-state index in [1.54, 1.807) is 13.0 Å². The summed E-state index contributed by atoms with van der Waals surface area (Å²) in [5, 5.41) is 12.4. The van der Waals surface area contributed by atoms with Crippen LogP contribution >= 0.6 is 11.6 Å². The van der Waals surface area contributed by atoms with Crippen LogP contribution in [0.15, 0.2) is 30.5 Å². The Labute approximate surface area is 113 Å². The van der Waals surface area contributed by atoms with Crippen molar-refractivity contribution in [1.82, 2.24) is 4.98 Å². The minimum atomic E-state index is -0.613. The summed E-state index contributed by atoms with van der Waals surface area (Å²) in [4.78, 5) is 15.8. The van der Waals surface area contributed by atoms with Crippen molar-refractivity contribution in [3.05, 3.63) is 52.6 Å². The Morgan fingerprint density at radius 3 is 2.79 bits per heavy atom. The number of rotatable bonds is 2. The van der Waals surface area contributed by atoms with Gasteiger partial charge >= 0.3 is 0 Å². The number of nitrogens with one attached hydrogen (secondary N) is 1. The summed E-state index contributed by atoms with van der Waals surface area (Å²) in [5.41, 5.74) is 1.13. The molecule has 0 radical (unpaired) electrons. The zero-order chi connectivity index (χ0) is 14.0. The molecule has 2 rings (SSSR count). The van der Waals surface area contributed by atoms with E-state index in [1.807, 2.05) is 0 Å². The van der Waals surface area contributed by atoms with E-state index < -0.39 is 17.5 Å². The fraction of sp³-hybridized carbons (Fsp3) is 0.0769. The second-order valence-corrected chi connectivity index (χ2v) is 4.31. The predicted octanol–water partition coefficient (Wildman–Crippen LogP) is 3.14. The van der Waals surface area contributed by atoms with Crippen LogP contribution in [0.3, 0.4) is 0 Å². The van der Waals surface area contributed by atoms with Crippen LogP contribution in [0.4, 0.5) is 10.1 Å². The van der Waals surface area contributed by atoms with E-state index in [0.717, 1.165) is 12.1 Å². The Kier molecular flexibility index (Phi) is 3.66. The van der Waals surface area contributed by atoms with Gasteiger partial charge in [-0.25, -0.2) is 9.37 Å². The second-order valence-electron chi connectivity index (χ2n) is 3.95. The molecule has 1 aromatic heterocycles. The number of carbonyl (C=O) groups excluding carboxylic acids is 1. The Bertz CT molecular complexity index is 647. The maximum atomic E-state index is 12.8. The van der Waals surface area contributed by atoms with E-state index >= 15 is 0 Å². The number of anilines is 1. The summed E-state index contributed by atoms with van der Waals surface area (Å²) in [5.74, 6) is -1.59. The molecule has 0 unspecified atom stereocenters. The Balaban J connectivity index is 2.23. The number of halogens is 2. The third kappa shape index (κ3) is 3.00. The van der Waals surface area contributed by atoms with Crippen molar-refractivity contribution in [3.8, 4) is 5.75 Å². The molecule has 0 saturated heterocycles. The number of aromatic nitrogens is 1. The molecule has 1 amide bonds. The molecule has 0 atom stereocenters. The average molecular weight is 281 g/mol. The molecule has 2 N–H and O–H groups in total. The summed E-state index contributed by atoms with van der Waals surface area (Å²) in [7, 11) is 0. The van der Waals surface area contributed by atoms with Crippen LogP contribution in [0.5, 0.6) is 5.75 Å². The first kappa shape index (κ1) is 13.3. The molecule has 0 saturated carbocycles. The molecule has 0 spiro atoms. The number of phenolic OH excluding ortho intramolecular Hbond substituents is 1. The van der Waals surface area contributed by atoms with Gasteiger partial charge in [-0.1, -0.05) is 11.6 Å². The van der Waals surface area contributed by atoms with Crippen LogP contribution in [0, 0.1) is 12.7 Å². The van der Waals surface area contributed by atoms with Crippen LogP contribution in [0.25, 0.3) is 0 Å². The van der Waals surface area contributed by atoms with Gasteiger partial charge < -0.3 is 10.4 Å². The van der Waals surface area contributed by atoms with E-state index in [1.165, 1.54) is 12.3 Å². The molecular formula is C13H10ClFN2O2. The zero-order valence-corrected chi connectivity index (χ0v) is 10.7. The van der Waals surface area contributed by atoms with E-state index in [4.69, 9.17) is 11.6 Å². The van der Waals surface area contributed by atoms with Gasteiger partial charge in [0.15, 0.2) is 0 Å². The average Bonchev–Trinajstić information content (AvgIpc) is 2.33. The molecule has 0 aliphatic heterocycles. The van der Waals surface area contributed by atoms with E-state index in [9.17, 15) is 14.3 Å². The van der Waals surface area contributed by atoms with Crippen LogP contribution in [-0.4, -0.2) is 16.0 Å². The standard InChI is InChI=1S/C13H10ClFN2O2/c1-7-4-9(6-16-12(7)14)17-13(19)10-3-2-8(15)5-11(10)18/h2-6,18H,1H3,(H,17,19). The summed E-state index contributed by atoms with van der Waals surface area (Å²) in [6, 6.07) is 4.82. The number of nitrogens with zero attached hydrogens (tertiary/aromatic N) is 1. The van der Waals surface area contributed by atoms with Crippen LogP contribution < -0.4 is 5.32 Å². The first-order valence-electron chi connectivity index (χ1n) is 5.39. The highest BCUT2D eigenvalue weighted by Crippen LogP contribution is 2.21. The van der Waals surface area contributed by atoms with Gasteiger partial charge in [0.2, 0.25) is 0 Å². The van der Waals surface area contributed by atoms with Gasteiger partial charge in [-0.05, 0) is 30.7 Å². The van der Waals surface area contributed by atoms with Gasteiger partial charge in [0, 0.05) is 6.07 Å². The molecular weight excluding hydrogens is 271 g/mol. The number of aromatic hydroxyl groups is 1. The molecule has 0 fully saturated rings. The van der Waals surface area contributed by atoms with Crippen LogP contribution in [-0.2, 0) is 0 Å². The van der Waals surface area contributed by atoms with Gasteiger partial charge in [-0.2, -0.15) is 0 Å². The number of aryl methyl sites for hydroxylation is 1. The second kappa shape index (κ2) is 5.24. The predicted molar refractivity (Wildman–Crippen MR) is 70.0 cm³/mol. The van der Waals surface area contributed by atoms with Gasteiger partial charge in [0.25, 0.3) is 5.91 Å². The third-order valence-corrected chi connectivity index (χ3v) is 2.87. The molecule has 0 aliphatic rings. The number of amides is 1. The largest absolute Gasteiger partial charge is 0.507 e. The number of benzene rings is 1. The lowest BCUT2D eigenvalue weighted by molar-refractivity contribution is 0.102. The smallest absolute Gasteiger partial charge is 0.259 e. The third-order valence-electron chi connectivity index (χ3n) is 2.48. The van der Waals surface area contributed by atoms with Crippen molar-refractivity contribution in [3.63, 3.8) is 0 Å². The first-order chi connectivity index (χ1) is 8.97. The number of pyridine rings is 1. The van der Waals surface area contributed by atoms with Crippen molar-refractivity contribution in [2.24, 2.45) is 0 Å². The minimum absolute atomic E-state index is 0.0194. The Morgan fingerprint density at radius 1 is 1.42 bits per heavy atom. The summed E-state index contributed by atoms with van der Waals surface area (Å²) < 4.78 is 12.8. The van der Waals surface area contributed by atoms with Crippen molar-refractivity contribution in [2.45, 2.75) is 6.92 Å². The lowest BCUT2D eigenvalue weighted by atomic mass is 10.2. The maximum Gasteiger partial charge on any atom is 0.259 e. The van der Waals surface area contributed by atoms with E-state index in [-0.39, 0.29) is 5.56 Å². The first-order valence-corrected chi connectivity index (χ1v) is 5.77. The van der Waals surface area contributed by atoms with Crippen LogP contribution in [0.1, 0.15) is 15.9 Å². The topological polar surface area (TPSA) is 62.2 Å². The number of phenols is 1. The van der Waals surface area contributed by atoms with Gasteiger partial charge in [-0.15, -0.1) is 0 Å². The minimum Gasteiger partial charge on any atom is -0.507 e. The molecule has 19 heavy (non-hydrogen) atoms. The monoisotopic (exact) mass is 280 g/mol. The van der Waals surface area contributed by atoms with Crippen molar-refractivity contribution in [2.75, 3.05) is 5.32 Å². The maximum absolute atomic E-state index is 12.8. The fourth-order valence-electron chi connectivity index (χ4n) is 1.52. The molecule has 0 aliphatic carbocycles. The molecule has 0 bridgehead atoms. The quantitative estimate of drug-likeness (QED) is 0.831. The summed E-state index contributed by atoms with van der Waals surface area (Å²) >= 11 is 5.77. The molecule has 4 nitrogen and oxygen atoms in total. The summed E-state index contributed by atoms with van der Waals surface area (Å²) in [6.45, 7) is 1.75. The highest BCUT2D eigenvalue weighted by Gasteiger charge is 2.12. The van der Waals surface area contributed by atoms with Gasteiger partial charge in [0.05, 0.1) is 17.4 Å². The Morgan fingerprint density at radius 2 is 2.16 bits per heavy atom. The Hall–Kier alpha value is -2.14. The van der Waals surface area contributed by atoms with Crippen LogP contribution in [0.2, 0.25) is 5.15 Å². The zero-order valence-electron chi connectivity index (χ0n) is 9.95. The molecule has 1 aromatic carbocycles. The van der Waals surface area contributed by atoms with E-state index in [2.05, 4.69) is 10.3 Å².